The van der Waals surface area contributed by atoms with Crippen LogP contribution in [0.25, 0.3) is 0 Å². The minimum Gasteiger partial charge on any atom is -0.471 e. The van der Waals surface area contributed by atoms with Gasteiger partial charge in [0.1, 0.15) is 23.6 Å². The highest BCUT2D eigenvalue weighted by Crippen LogP contribution is 2.19. The number of pyridine rings is 1. The minimum absolute atomic E-state index is 0.144. The molecule has 2 atom stereocenters. The molecule has 0 aromatic carbocycles. The largest absolute Gasteiger partial charge is 0.471 e. The van der Waals surface area contributed by atoms with Crippen molar-refractivity contribution in [2.45, 2.75) is 39.9 Å². The lowest BCUT2D eigenvalue weighted by Crippen LogP contribution is -2.21. The monoisotopic (exact) mass is 301 g/mol. The molecule has 0 spiro atoms. The molecule has 0 N–H and O–H groups in total. The van der Waals surface area contributed by atoms with Gasteiger partial charge in [0.25, 0.3) is 0 Å². The fourth-order valence-corrected chi connectivity index (χ4v) is 2.43. The van der Waals surface area contributed by atoms with Crippen LogP contribution in [0.1, 0.15) is 39.1 Å². The zero-order valence-corrected chi connectivity index (χ0v) is 13.6. The first-order valence-corrected chi connectivity index (χ1v) is 7.94. The summed E-state index contributed by atoms with van der Waals surface area (Å²) in [6.07, 6.45) is 0.289. The van der Waals surface area contributed by atoms with Crippen molar-refractivity contribution in [1.29, 1.82) is 0 Å². The first-order chi connectivity index (χ1) is 10.5. The molecule has 2 aliphatic rings. The molecule has 0 saturated carbocycles. The molecule has 118 valence electrons. The Kier molecular flexibility index (Phi) is 4.14. The van der Waals surface area contributed by atoms with Gasteiger partial charge in [-0.15, -0.1) is 0 Å². The number of rotatable bonds is 4. The second-order valence-electron chi connectivity index (χ2n) is 6.50. The van der Waals surface area contributed by atoms with Gasteiger partial charge >= 0.3 is 0 Å². The zero-order valence-electron chi connectivity index (χ0n) is 13.6. The van der Waals surface area contributed by atoms with E-state index in [0.717, 1.165) is 11.4 Å². The van der Waals surface area contributed by atoms with E-state index in [4.69, 9.17) is 9.47 Å². The van der Waals surface area contributed by atoms with Gasteiger partial charge < -0.3 is 9.47 Å². The summed E-state index contributed by atoms with van der Waals surface area (Å²) < 4.78 is 11.8. The third-order valence-electron chi connectivity index (χ3n) is 4.03. The van der Waals surface area contributed by atoms with Crippen LogP contribution >= 0.6 is 0 Å². The Morgan fingerprint density at radius 3 is 1.68 bits per heavy atom. The number of aliphatic imine (C=N–C) groups is 2. The van der Waals surface area contributed by atoms with E-state index in [0.29, 0.717) is 36.7 Å². The first-order valence-electron chi connectivity index (χ1n) is 7.94. The van der Waals surface area contributed by atoms with Crippen molar-refractivity contribution in [3.8, 4) is 0 Å². The molecule has 0 bridgehead atoms. The molecule has 22 heavy (non-hydrogen) atoms. The summed E-state index contributed by atoms with van der Waals surface area (Å²) in [5.74, 6) is 2.14. The van der Waals surface area contributed by atoms with Crippen LogP contribution < -0.4 is 0 Å². The van der Waals surface area contributed by atoms with Crippen LogP contribution in [0.3, 0.4) is 0 Å². The van der Waals surface area contributed by atoms with Crippen LogP contribution in [0.4, 0.5) is 0 Å². The van der Waals surface area contributed by atoms with E-state index in [-0.39, 0.29) is 12.2 Å². The molecule has 0 amide bonds. The topological polar surface area (TPSA) is 56.1 Å². The molecule has 0 radical (unpaired) electrons. The number of ether oxygens (including phenoxy) is 2. The molecule has 0 saturated heterocycles. The first kappa shape index (κ1) is 15.0. The van der Waals surface area contributed by atoms with Crippen molar-refractivity contribution < 1.29 is 9.47 Å². The van der Waals surface area contributed by atoms with Crippen LogP contribution in [0.2, 0.25) is 0 Å². The maximum Gasteiger partial charge on any atom is 0.235 e. The van der Waals surface area contributed by atoms with Gasteiger partial charge in [-0.3, -0.25) is 0 Å². The van der Waals surface area contributed by atoms with Crippen LogP contribution in [-0.2, 0) is 9.47 Å². The maximum absolute atomic E-state index is 5.89. The van der Waals surface area contributed by atoms with Crippen molar-refractivity contribution >= 4 is 11.8 Å². The molecular formula is C17H23N3O2. The van der Waals surface area contributed by atoms with E-state index in [2.05, 4.69) is 42.7 Å². The van der Waals surface area contributed by atoms with E-state index in [1.54, 1.807) is 0 Å². The lowest BCUT2D eigenvalue weighted by Gasteiger charge is -2.15. The van der Waals surface area contributed by atoms with Gasteiger partial charge in [-0.1, -0.05) is 33.8 Å². The predicted molar refractivity (Wildman–Crippen MR) is 86.5 cm³/mol. The molecule has 5 heteroatoms. The van der Waals surface area contributed by atoms with Gasteiger partial charge in [0, 0.05) is 0 Å². The van der Waals surface area contributed by atoms with E-state index in [1.165, 1.54) is 0 Å². The molecule has 3 rings (SSSR count). The summed E-state index contributed by atoms with van der Waals surface area (Å²) in [6.45, 7) is 9.96. The van der Waals surface area contributed by atoms with Crippen molar-refractivity contribution in [2.75, 3.05) is 13.1 Å². The van der Waals surface area contributed by atoms with E-state index in [1.807, 2.05) is 18.2 Å². The summed E-state index contributed by atoms with van der Waals surface area (Å²) in [4.78, 5) is 13.6. The van der Waals surface area contributed by atoms with Crippen LogP contribution in [0, 0.1) is 11.8 Å². The van der Waals surface area contributed by atoms with Crippen molar-refractivity contribution in [3.05, 3.63) is 29.6 Å². The predicted octanol–water partition coefficient (Wildman–Crippen LogP) is 2.68. The molecule has 2 aliphatic heterocycles. The number of nitrogens with zero attached hydrogens (tertiary/aromatic N) is 3. The van der Waals surface area contributed by atoms with Gasteiger partial charge in [0.05, 0.1) is 13.1 Å². The standard InChI is InChI=1S/C17H23N3O2/c1-10(2)14-8-18-16(21-14)12-6-5-7-13(20-12)17-19-9-15(22-17)11(3)4/h5-7,10-11,14-15H,8-9H2,1-4H3. The Morgan fingerprint density at radius 2 is 1.32 bits per heavy atom. The van der Waals surface area contributed by atoms with Crippen molar-refractivity contribution in [2.24, 2.45) is 21.8 Å². The Labute approximate surface area is 131 Å². The Morgan fingerprint density at radius 1 is 0.864 bits per heavy atom. The summed E-state index contributed by atoms with van der Waals surface area (Å²) >= 11 is 0. The lowest BCUT2D eigenvalue weighted by molar-refractivity contribution is 0.170. The third kappa shape index (κ3) is 2.98. The third-order valence-corrected chi connectivity index (χ3v) is 4.03. The van der Waals surface area contributed by atoms with Crippen LogP contribution in [0.15, 0.2) is 28.2 Å². The molecule has 2 unspecified atom stereocenters. The lowest BCUT2D eigenvalue weighted by atomic mass is 10.1. The van der Waals surface area contributed by atoms with Crippen molar-refractivity contribution in [3.63, 3.8) is 0 Å². The van der Waals surface area contributed by atoms with Gasteiger partial charge in [0.2, 0.25) is 11.8 Å². The fraction of sp³-hybridized carbons (Fsp3) is 0.588. The van der Waals surface area contributed by atoms with E-state index >= 15 is 0 Å². The number of hydrogen-bond acceptors (Lipinski definition) is 5. The van der Waals surface area contributed by atoms with E-state index in [9.17, 15) is 0 Å². The average Bonchev–Trinajstić information content (AvgIpc) is 3.17. The number of hydrogen-bond donors (Lipinski definition) is 0. The highest BCUT2D eigenvalue weighted by atomic mass is 16.5. The summed E-state index contributed by atoms with van der Waals surface area (Å²) in [7, 11) is 0. The quantitative estimate of drug-likeness (QED) is 0.859. The number of aromatic nitrogens is 1. The van der Waals surface area contributed by atoms with Gasteiger partial charge in [-0.05, 0) is 24.0 Å². The average molecular weight is 301 g/mol. The SMILES string of the molecule is CC(C)C1CN=C(c2cccc(C3=NCC(C(C)C)O3)n2)O1. The Balaban J connectivity index is 1.75. The molecular weight excluding hydrogens is 278 g/mol. The van der Waals surface area contributed by atoms with Gasteiger partial charge in [-0.2, -0.15) is 0 Å². The highest BCUT2D eigenvalue weighted by molar-refractivity contribution is 5.97. The molecule has 1 aromatic heterocycles. The summed E-state index contributed by atoms with van der Waals surface area (Å²) in [6, 6.07) is 5.78. The fourth-order valence-electron chi connectivity index (χ4n) is 2.43. The molecule has 0 aliphatic carbocycles. The molecule has 5 nitrogen and oxygen atoms in total. The van der Waals surface area contributed by atoms with Gasteiger partial charge in [0.15, 0.2) is 0 Å². The van der Waals surface area contributed by atoms with E-state index < -0.39 is 0 Å². The normalized spacial score (nSPS) is 24.3. The molecule has 3 heterocycles. The van der Waals surface area contributed by atoms with Gasteiger partial charge in [-0.25, -0.2) is 15.0 Å². The zero-order chi connectivity index (χ0) is 15.7. The minimum atomic E-state index is 0.144. The second-order valence-corrected chi connectivity index (χ2v) is 6.50. The summed E-state index contributed by atoms with van der Waals surface area (Å²) in [5, 5.41) is 0. The van der Waals surface area contributed by atoms with Crippen LogP contribution in [-0.4, -0.2) is 42.1 Å². The smallest absolute Gasteiger partial charge is 0.235 e. The Hall–Kier alpha value is -1.91. The molecule has 1 aromatic rings. The maximum atomic E-state index is 5.89. The highest BCUT2D eigenvalue weighted by Gasteiger charge is 2.27. The molecule has 0 fully saturated rings. The van der Waals surface area contributed by atoms with Crippen LogP contribution in [0.5, 0.6) is 0 Å². The second kappa shape index (κ2) is 6.07. The summed E-state index contributed by atoms with van der Waals surface area (Å²) in [5.41, 5.74) is 1.50. The van der Waals surface area contributed by atoms with Crippen molar-refractivity contribution in [1.82, 2.24) is 4.98 Å². The Bertz CT molecular complexity index is 558.